The first-order valence-corrected chi connectivity index (χ1v) is 4.47. The van der Waals surface area contributed by atoms with E-state index in [9.17, 15) is 14.9 Å². The van der Waals surface area contributed by atoms with Crippen LogP contribution < -0.4 is 5.56 Å². The van der Waals surface area contributed by atoms with Crippen LogP contribution in [0.1, 0.15) is 0 Å². The largest absolute Gasteiger partial charge is 0.334 e. The minimum absolute atomic E-state index is 0.483. The molecule has 2 aromatic rings. The van der Waals surface area contributed by atoms with Crippen molar-refractivity contribution in [2.24, 2.45) is 0 Å². The highest BCUT2D eigenvalue weighted by Gasteiger charge is 2.13. The van der Waals surface area contributed by atoms with Gasteiger partial charge >= 0.3 is 11.2 Å². The lowest BCUT2D eigenvalue weighted by Gasteiger charge is -1.98. The first-order chi connectivity index (χ1) is 7.68. The Balaban J connectivity index is 2.57. The molecular weight excluding hydrogens is 210 g/mol. The van der Waals surface area contributed by atoms with Crippen molar-refractivity contribution in [3.63, 3.8) is 0 Å². The van der Waals surface area contributed by atoms with Crippen molar-refractivity contribution in [3.05, 3.63) is 57.1 Å². The summed E-state index contributed by atoms with van der Waals surface area (Å²) in [6.07, 6.45) is 2.98. The number of nitrogens with one attached hydrogen (secondary N) is 1. The first-order valence-electron chi connectivity index (χ1n) is 4.47. The highest BCUT2D eigenvalue weighted by molar-refractivity contribution is 5.60. The van der Waals surface area contributed by atoms with E-state index in [1.54, 1.807) is 24.4 Å². The molecule has 6 heteroatoms. The number of nitrogens with zero attached hydrogens (tertiary/aromatic N) is 2. The first kappa shape index (κ1) is 10.0. The van der Waals surface area contributed by atoms with Gasteiger partial charge in [0.15, 0.2) is 0 Å². The van der Waals surface area contributed by atoms with Gasteiger partial charge in [-0.1, -0.05) is 6.07 Å². The highest BCUT2D eigenvalue weighted by Crippen LogP contribution is 2.17. The molecule has 0 spiro atoms. The zero-order chi connectivity index (χ0) is 11.5. The van der Waals surface area contributed by atoms with E-state index >= 15 is 0 Å². The molecule has 0 saturated heterocycles. The van der Waals surface area contributed by atoms with E-state index in [0.29, 0.717) is 11.3 Å². The molecule has 0 saturated carbocycles. The van der Waals surface area contributed by atoms with E-state index < -0.39 is 16.2 Å². The molecule has 2 heterocycles. The van der Waals surface area contributed by atoms with Gasteiger partial charge in [-0.2, -0.15) is 0 Å². The number of rotatable bonds is 2. The third-order valence-electron chi connectivity index (χ3n) is 2.04. The maximum atomic E-state index is 11.1. The SMILES string of the molecule is O=c1[nH]cc(-c2ccccn2)cc1[N+](=O)[O-]. The molecule has 0 radical (unpaired) electrons. The van der Waals surface area contributed by atoms with Gasteiger partial charge in [0.2, 0.25) is 0 Å². The maximum absolute atomic E-state index is 11.1. The van der Waals surface area contributed by atoms with E-state index in [-0.39, 0.29) is 0 Å². The normalized spacial score (nSPS) is 10.0. The Hall–Kier alpha value is -2.50. The zero-order valence-corrected chi connectivity index (χ0v) is 8.08. The van der Waals surface area contributed by atoms with Crippen molar-refractivity contribution in [1.82, 2.24) is 9.97 Å². The molecule has 6 nitrogen and oxygen atoms in total. The lowest BCUT2D eigenvalue weighted by atomic mass is 10.2. The number of hydrogen-bond donors (Lipinski definition) is 1. The highest BCUT2D eigenvalue weighted by atomic mass is 16.6. The van der Waals surface area contributed by atoms with Gasteiger partial charge in [0.25, 0.3) is 0 Å². The molecule has 2 rings (SSSR count). The Labute approximate surface area is 89.7 Å². The number of aromatic nitrogens is 2. The van der Waals surface area contributed by atoms with Crippen LogP contribution in [0.5, 0.6) is 0 Å². The van der Waals surface area contributed by atoms with Gasteiger partial charge in [-0.15, -0.1) is 0 Å². The van der Waals surface area contributed by atoms with Gasteiger partial charge in [-0.25, -0.2) is 0 Å². The fourth-order valence-corrected chi connectivity index (χ4v) is 1.29. The Morgan fingerprint density at radius 1 is 1.38 bits per heavy atom. The summed E-state index contributed by atoms with van der Waals surface area (Å²) in [4.78, 5) is 27.3. The van der Waals surface area contributed by atoms with Crippen LogP contribution in [0.4, 0.5) is 5.69 Å². The molecule has 0 aromatic carbocycles. The topological polar surface area (TPSA) is 88.9 Å². The molecular formula is C10H7N3O3. The fraction of sp³-hybridized carbons (Fsp3) is 0. The Morgan fingerprint density at radius 2 is 2.19 bits per heavy atom. The third kappa shape index (κ3) is 1.81. The molecule has 0 aliphatic carbocycles. The van der Waals surface area contributed by atoms with Crippen molar-refractivity contribution in [2.45, 2.75) is 0 Å². The maximum Gasteiger partial charge on any atom is 0.334 e. The molecule has 0 bridgehead atoms. The second-order valence-electron chi connectivity index (χ2n) is 3.07. The molecule has 1 N–H and O–H groups in total. The lowest BCUT2D eigenvalue weighted by molar-refractivity contribution is -0.386. The number of nitro groups is 1. The quantitative estimate of drug-likeness (QED) is 0.607. The van der Waals surface area contributed by atoms with Crippen molar-refractivity contribution in [1.29, 1.82) is 0 Å². The van der Waals surface area contributed by atoms with Crippen LogP contribution in [0.25, 0.3) is 11.3 Å². The van der Waals surface area contributed by atoms with Gasteiger partial charge in [0.05, 0.1) is 10.6 Å². The lowest BCUT2D eigenvalue weighted by Crippen LogP contribution is -2.10. The Kier molecular flexibility index (Phi) is 2.47. The van der Waals surface area contributed by atoms with Crippen LogP contribution in [0, 0.1) is 10.1 Å². The van der Waals surface area contributed by atoms with Gasteiger partial charge in [-0.05, 0) is 12.1 Å². The molecule has 0 aliphatic heterocycles. The molecule has 2 aromatic heterocycles. The summed E-state index contributed by atoms with van der Waals surface area (Å²) < 4.78 is 0. The smallest absolute Gasteiger partial charge is 0.323 e. The summed E-state index contributed by atoms with van der Waals surface area (Å²) in [6.45, 7) is 0. The van der Waals surface area contributed by atoms with Crippen LogP contribution in [0.15, 0.2) is 41.5 Å². The summed E-state index contributed by atoms with van der Waals surface area (Å²) in [5.41, 5.74) is -0.124. The molecule has 80 valence electrons. The van der Waals surface area contributed by atoms with Crippen LogP contribution >= 0.6 is 0 Å². The minimum Gasteiger partial charge on any atom is -0.323 e. The van der Waals surface area contributed by atoms with Crippen molar-refractivity contribution in [3.8, 4) is 11.3 Å². The Morgan fingerprint density at radius 3 is 2.81 bits per heavy atom. The van der Waals surface area contributed by atoms with Gasteiger partial charge in [-0.3, -0.25) is 19.9 Å². The van der Waals surface area contributed by atoms with Crippen LogP contribution in [-0.2, 0) is 0 Å². The average Bonchev–Trinajstić information content (AvgIpc) is 2.30. The second kappa shape index (κ2) is 3.93. The number of aromatic amines is 1. The fourth-order valence-electron chi connectivity index (χ4n) is 1.29. The van der Waals surface area contributed by atoms with E-state index in [1.807, 2.05) is 0 Å². The number of hydrogen-bond acceptors (Lipinski definition) is 4. The summed E-state index contributed by atoms with van der Waals surface area (Å²) in [6, 6.07) is 6.42. The predicted molar refractivity (Wildman–Crippen MR) is 56.9 cm³/mol. The van der Waals surface area contributed by atoms with Crippen LogP contribution in [0.2, 0.25) is 0 Å². The second-order valence-corrected chi connectivity index (χ2v) is 3.07. The summed E-state index contributed by atoms with van der Waals surface area (Å²) in [5.74, 6) is 0. The van der Waals surface area contributed by atoms with Gasteiger partial charge in [0, 0.05) is 24.0 Å². The summed E-state index contributed by atoms with van der Waals surface area (Å²) in [5, 5.41) is 10.6. The van der Waals surface area contributed by atoms with Crippen LogP contribution in [-0.4, -0.2) is 14.9 Å². The molecule has 0 amide bonds. The van der Waals surface area contributed by atoms with E-state index in [0.717, 1.165) is 0 Å². The average molecular weight is 217 g/mol. The molecule has 0 aliphatic rings. The zero-order valence-electron chi connectivity index (χ0n) is 8.08. The van der Waals surface area contributed by atoms with E-state index in [4.69, 9.17) is 0 Å². The van der Waals surface area contributed by atoms with Gasteiger partial charge < -0.3 is 4.98 Å². The monoisotopic (exact) mass is 217 g/mol. The Bertz CT molecular complexity index is 577. The predicted octanol–water partition coefficient (Wildman–Crippen LogP) is 1.35. The van der Waals surface area contributed by atoms with Crippen molar-refractivity contribution in [2.75, 3.05) is 0 Å². The molecule has 0 fully saturated rings. The van der Waals surface area contributed by atoms with Crippen molar-refractivity contribution < 1.29 is 4.92 Å². The van der Waals surface area contributed by atoms with Crippen molar-refractivity contribution >= 4 is 5.69 Å². The summed E-state index contributed by atoms with van der Waals surface area (Å²) >= 11 is 0. The number of pyridine rings is 2. The minimum atomic E-state index is -0.718. The third-order valence-corrected chi connectivity index (χ3v) is 2.04. The molecule has 16 heavy (non-hydrogen) atoms. The van der Waals surface area contributed by atoms with E-state index in [2.05, 4.69) is 9.97 Å². The standard InChI is InChI=1S/C10H7N3O3/c14-10-9(13(15)16)5-7(6-12-10)8-3-1-2-4-11-8/h1-6H,(H,12,14). The van der Waals surface area contributed by atoms with E-state index in [1.165, 1.54) is 12.3 Å². The molecule has 0 unspecified atom stereocenters. The number of H-pyrrole nitrogens is 1. The summed E-state index contributed by atoms with van der Waals surface area (Å²) in [7, 11) is 0. The molecule has 0 atom stereocenters. The van der Waals surface area contributed by atoms with Gasteiger partial charge in [0.1, 0.15) is 0 Å². The van der Waals surface area contributed by atoms with Crippen LogP contribution in [0.3, 0.4) is 0 Å².